The van der Waals surface area contributed by atoms with Gasteiger partial charge in [-0.05, 0) is 23.3 Å². The van der Waals surface area contributed by atoms with Gasteiger partial charge in [0.15, 0.2) is 5.96 Å². The van der Waals surface area contributed by atoms with Gasteiger partial charge >= 0.3 is 0 Å². The summed E-state index contributed by atoms with van der Waals surface area (Å²) in [5.74, 6) is 2.29. The van der Waals surface area contributed by atoms with Crippen molar-refractivity contribution in [3.05, 3.63) is 78.2 Å². The Labute approximate surface area is 205 Å². The van der Waals surface area contributed by atoms with Crippen LogP contribution in [0.2, 0.25) is 0 Å². The number of nitrogens with zero attached hydrogens (tertiary/aromatic N) is 6. The Bertz CT molecular complexity index is 980. The van der Waals surface area contributed by atoms with Gasteiger partial charge in [0.2, 0.25) is 11.8 Å². The third kappa shape index (κ3) is 6.52. The molecule has 0 unspecified atom stereocenters. The number of hydrogen-bond acceptors (Lipinski definition) is 6. The molecule has 1 aromatic carbocycles. The van der Waals surface area contributed by atoms with Crippen molar-refractivity contribution < 1.29 is 4.74 Å². The number of rotatable bonds is 6. The fourth-order valence-electron chi connectivity index (χ4n) is 3.46. The van der Waals surface area contributed by atoms with Crippen LogP contribution >= 0.6 is 24.0 Å². The first-order valence-corrected chi connectivity index (χ1v) is 10.4. The SMILES string of the molecule is CN=C(NCc1ccnc(OCc2ccccc2)c1)N1CCN(c2ncccn2)CC1.I. The number of anilines is 1. The second kappa shape index (κ2) is 12.2. The van der Waals surface area contributed by atoms with Gasteiger partial charge in [0.05, 0.1) is 0 Å². The summed E-state index contributed by atoms with van der Waals surface area (Å²) in [6.07, 6.45) is 5.34. The molecular weight excluding hydrogens is 517 g/mol. The topological polar surface area (TPSA) is 78.8 Å². The molecule has 0 bridgehead atoms. The zero-order chi connectivity index (χ0) is 21.3. The highest BCUT2D eigenvalue weighted by Gasteiger charge is 2.21. The molecule has 0 aliphatic carbocycles. The maximum Gasteiger partial charge on any atom is 0.225 e. The lowest BCUT2D eigenvalue weighted by Crippen LogP contribution is -2.52. The van der Waals surface area contributed by atoms with Gasteiger partial charge in [-0.2, -0.15) is 0 Å². The van der Waals surface area contributed by atoms with E-state index in [1.54, 1.807) is 18.6 Å². The molecule has 1 saturated heterocycles. The van der Waals surface area contributed by atoms with Gasteiger partial charge in [-0.25, -0.2) is 15.0 Å². The molecule has 3 heterocycles. The maximum absolute atomic E-state index is 5.84. The third-order valence-corrected chi connectivity index (χ3v) is 5.11. The van der Waals surface area contributed by atoms with E-state index in [0.717, 1.165) is 49.2 Å². The number of halogens is 1. The molecule has 8 nitrogen and oxygen atoms in total. The van der Waals surface area contributed by atoms with Crippen LogP contribution in [0, 0.1) is 0 Å². The second-order valence-corrected chi connectivity index (χ2v) is 7.20. The minimum Gasteiger partial charge on any atom is -0.473 e. The average molecular weight is 545 g/mol. The van der Waals surface area contributed by atoms with Crippen molar-refractivity contribution in [2.45, 2.75) is 13.2 Å². The lowest BCUT2D eigenvalue weighted by Gasteiger charge is -2.36. The molecule has 9 heteroatoms. The van der Waals surface area contributed by atoms with Crippen molar-refractivity contribution in [1.29, 1.82) is 0 Å². The van der Waals surface area contributed by atoms with Crippen molar-refractivity contribution >= 4 is 35.9 Å². The number of nitrogens with one attached hydrogen (secondary N) is 1. The van der Waals surface area contributed by atoms with E-state index in [0.29, 0.717) is 19.0 Å². The van der Waals surface area contributed by atoms with Crippen LogP contribution in [0.25, 0.3) is 0 Å². The summed E-state index contributed by atoms with van der Waals surface area (Å²) >= 11 is 0. The van der Waals surface area contributed by atoms with E-state index < -0.39 is 0 Å². The monoisotopic (exact) mass is 545 g/mol. The van der Waals surface area contributed by atoms with Crippen LogP contribution in [0.5, 0.6) is 5.88 Å². The molecule has 0 saturated carbocycles. The fraction of sp³-hybridized carbons (Fsp3) is 0.304. The molecule has 3 aromatic rings. The van der Waals surface area contributed by atoms with E-state index in [1.807, 2.05) is 55.6 Å². The zero-order valence-corrected chi connectivity index (χ0v) is 20.4. The molecule has 4 rings (SSSR count). The van der Waals surface area contributed by atoms with Crippen molar-refractivity contribution in [1.82, 2.24) is 25.2 Å². The Morgan fingerprint density at radius 2 is 1.69 bits per heavy atom. The number of aliphatic imine (C=N–C) groups is 1. The highest BCUT2D eigenvalue weighted by atomic mass is 127. The minimum atomic E-state index is 0. The predicted octanol–water partition coefficient (Wildman–Crippen LogP) is 2.97. The predicted molar refractivity (Wildman–Crippen MR) is 136 cm³/mol. The van der Waals surface area contributed by atoms with Gasteiger partial charge in [-0.15, -0.1) is 24.0 Å². The van der Waals surface area contributed by atoms with Gasteiger partial charge in [0.1, 0.15) is 6.61 Å². The first-order valence-electron chi connectivity index (χ1n) is 10.4. The number of hydrogen-bond donors (Lipinski definition) is 1. The lowest BCUT2D eigenvalue weighted by atomic mass is 10.2. The van der Waals surface area contributed by atoms with Crippen molar-refractivity contribution in [3.8, 4) is 5.88 Å². The molecule has 1 aliphatic heterocycles. The highest BCUT2D eigenvalue weighted by molar-refractivity contribution is 14.0. The minimum absolute atomic E-state index is 0. The van der Waals surface area contributed by atoms with E-state index in [1.165, 1.54) is 0 Å². The summed E-state index contributed by atoms with van der Waals surface area (Å²) in [7, 11) is 1.82. The van der Waals surface area contributed by atoms with Crippen molar-refractivity contribution in [2.75, 3.05) is 38.1 Å². The standard InChI is InChI=1S/C23H27N7O.HI/c1-24-22(29-12-14-30(15-13-29)23-26-9-5-10-27-23)28-17-20-8-11-25-21(16-20)31-18-19-6-3-2-4-7-19;/h2-11,16H,12-15,17-18H2,1H3,(H,24,28);1H. The average Bonchev–Trinajstić information content (AvgIpc) is 2.85. The molecule has 0 amide bonds. The summed E-state index contributed by atoms with van der Waals surface area (Å²) in [5.41, 5.74) is 2.21. The van der Waals surface area contributed by atoms with E-state index in [2.05, 4.69) is 35.1 Å². The highest BCUT2D eigenvalue weighted by Crippen LogP contribution is 2.13. The van der Waals surface area contributed by atoms with Crippen molar-refractivity contribution in [2.24, 2.45) is 4.99 Å². The largest absolute Gasteiger partial charge is 0.473 e. The number of benzene rings is 1. The van der Waals surface area contributed by atoms with Crippen LogP contribution in [-0.2, 0) is 13.2 Å². The Hall–Kier alpha value is -2.95. The van der Waals surface area contributed by atoms with Crippen LogP contribution in [0.3, 0.4) is 0 Å². The van der Waals surface area contributed by atoms with E-state index >= 15 is 0 Å². The molecule has 1 N–H and O–H groups in total. The quantitative estimate of drug-likeness (QED) is 0.290. The molecule has 2 aromatic heterocycles. The summed E-state index contributed by atoms with van der Waals surface area (Å²) in [6.45, 7) is 4.59. The molecule has 1 fully saturated rings. The van der Waals surface area contributed by atoms with Crippen LogP contribution < -0.4 is 15.0 Å². The zero-order valence-electron chi connectivity index (χ0n) is 18.1. The number of ether oxygens (including phenoxy) is 1. The number of pyridine rings is 1. The number of aromatic nitrogens is 3. The van der Waals surface area contributed by atoms with Crippen LogP contribution in [-0.4, -0.2) is 59.0 Å². The summed E-state index contributed by atoms with van der Waals surface area (Å²) in [6, 6.07) is 15.9. The van der Waals surface area contributed by atoms with E-state index in [9.17, 15) is 0 Å². The van der Waals surface area contributed by atoms with Crippen LogP contribution in [0.15, 0.2) is 72.1 Å². The molecular formula is C23H28IN7O. The normalized spacial score (nSPS) is 14.0. The summed E-state index contributed by atoms with van der Waals surface area (Å²) in [5, 5.41) is 3.45. The third-order valence-electron chi connectivity index (χ3n) is 5.11. The Kier molecular flexibility index (Phi) is 9.02. The van der Waals surface area contributed by atoms with Crippen molar-refractivity contribution in [3.63, 3.8) is 0 Å². The van der Waals surface area contributed by atoms with Crippen LogP contribution in [0.4, 0.5) is 5.95 Å². The first-order chi connectivity index (χ1) is 15.3. The smallest absolute Gasteiger partial charge is 0.225 e. The van der Waals surface area contributed by atoms with Gasteiger partial charge < -0.3 is 19.9 Å². The molecule has 1 aliphatic rings. The lowest BCUT2D eigenvalue weighted by molar-refractivity contribution is 0.293. The Balaban J connectivity index is 0.00000289. The Morgan fingerprint density at radius 1 is 0.938 bits per heavy atom. The maximum atomic E-state index is 5.84. The van der Waals surface area contributed by atoms with E-state index in [-0.39, 0.29) is 24.0 Å². The van der Waals surface area contributed by atoms with Gasteiger partial charge in [-0.3, -0.25) is 4.99 Å². The molecule has 168 valence electrons. The first kappa shape index (κ1) is 23.7. The molecule has 0 spiro atoms. The fourth-order valence-corrected chi connectivity index (χ4v) is 3.46. The molecule has 0 radical (unpaired) electrons. The van der Waals surface area contributed by atoms with Gasteiger partial charge in [0, 0.05) is 64.4 Å². The Morgan fingerprint density at radius 3 is 2.41 bits per heavy atom. The second-order valence-electron chi connectivity index (χ2n) is 7.20. The molecule has 0 atom stereocenters. The number of piperazine rings is 1. The molecule has 32 heavy (non-hydrogen) atoms. The van der Waals surface area contributed by atoms with Gasteiger partial charge in [-0.1, -0.05) is 30.3 Å². The van der Waals surface area contributed by atoms with Crippen LogP contribution in [0.1, 0.15) is 11.1 Å². The van der Waals surface area contributed by atoms with Gasteiger partial charge in [0.25, 0.3) is 0 Å². The summed E-state index contributed by atoms with van der Waals surface area (Å²) < 4.78 is 5.84. The van der Waals surface area contributed by atoms with E-state index in [4.69, 9.17) is 4.74 Å². The number of guanidine groups is 1. The summed E-state index contributed by atoms with van der Waals surface area (Å²) in [4.78, 5) is 21.9.